The Hall–Kier alpha value is -2.56. The van der Waals surface area contributed by atoms with Crippen LogP contribution in [0.1, 0.15) is 45.9 Å². The standard InChI is InChI=1S/C18H27F2N9/c1-17(2,3)16-24-14(27-7-6-18(19,20)9-27)13-15(25-16)28(10-23-13)8-12(26-21)29(22)11-4-5-11/h10-11H,4-9,21-22H2,1-3H3/b26-12-. The Bertz CT molecular complexity index is 943. The first-order valence-electron chi connectivity index (χ1n) is 9.76. The molecule has 1 aliphatic carbocycles. The van der Waals surface area contributed by atoms with Crippen LogP contribution in [0.3, 0.4) is 0 Å². The van der Waals surface area contributed by atoms with Gasteiger partial charge in [0.25, 0.3) is 5.92 Å². The molecule has 0 radical (unpaired) electrons. The van der Waals surface area contributed by atoms with Gasteiger partial charge in [-0.3, -0.25) is 5.01 Å². The van der Waals surface area contributed by atoms with Crippen molar-refractivity contribution in [2.24, 2.45) is 16.8 Å². The first-order valence-corrected chi connectivity index (χ1v) is 9.76. The monoisotopic (exact) mass is 407 g/mol. The number of rotatable bonds is 4. The highest BCUT2D eigenvalue weighted by Crippen LogP contribution is 2.34. The molecule has 0 amide bonds. The zero-order valence-electron chi connectivity index (χ0n) is 16.9. The van der Waals surface area contributed by atoms with Crippen LogP contribution < -0.4 is 16.6 Å². The number of amidine groups is 1. The molecule has 2 aromatic heterocycles. The summed E-state index contributed by atoms with van der Waals surface area (Å²) in [5.74, 6) is 10.5. The Kier molecular flexibility index (Phi) is 4.60. The molecule has 29 heavy (non-hydrogen) atoms. The number of anilines is 1. The van der Waals surface area contributed by atoms with E-state index in [-0.39, 0.29) is 37.5 Å². The van der Waals surface area contributed by atoms with E-state index in [1.807, 2.05) is 20.8 Å². The van der Waals surface area contributed by atoms with Gasteiger partial charge >= 0.3 is 0 Å². The Morgan fingerprint density at radius 1 is 1.34 bits per heavy atom. The van der Waals surface area contributed by atoms with Crippen molar-refractivity contribution >= 4 is 22.8 Å². The number of aromatic nitrogens is 4. The third kappa shape index (κ3) is 3.83. The average Bonchev–Trinajstić information content (AvgIpc) is 3.33. The molecule has 2 fully saturated rings. The third-order valence-electron chi connectivity index (χ3n) is 5.28. The number of nitrogens with zero attached hydrogens (tertiary/aromatic N) is 7. The molecule has 3 heterocycles. The second kappa shape index (κ2) is 6.75. The van der Waals surface area contributed by atoms with Gasteiger partial charge in [0.1, 0.15) is 5.82 Å². The zero-order chi connectivity index (χ0) is 21.0. The quantitative estimate of drug-likeness (QED) is 0.342. The molecule has 2 aromatic rings. The summed E-state index contributed by atoms with van der Waals surface area (Å²) < 4.78 is 29.5. The highest BCUT2D eigenvalue weighted by molar-refractivity contribution is 5.87. The predicted octanol–water partition coefficient (Wildman–Crippen LogP) is 1.58. The maximum absolute atomic E-state index is 13.8. The summed E-state index contributed by atoms with van der Waals surface area (Å²) in [4.78, 5) is 15.4. The van der Waals surface area contributed by atoms with Gasteiger partial charge in [0, 0.05) is 24.4 Å². The first-order chi connectivity index (χ1) is 13.6. The summed E-state index contributed by atoms with van der Waals surface area (Å²) in [5, 5.41) is 5.42. The number of hydrazone groups is 1. The van der Waals surface area contributed by atoms with E-state index < -0.39 is 5.92 Å². The van der Waals surface area contributed by atoms with E-state index in [1.54, 1.807) is 20.8 Å². The van der Waals surface area contributed by atoms with Gasteiger partial charge in [0.15, 0.2) is 22.8 Å². The van der Waals surface area contributed by atoms with E-state index in [9.17, 15) is 8.78 Å². The maximum atomic E-state index is 13.8. The van der Waals surface area contributed by atoms with E-state index in [4.69, 9.17) is 16.7 Å². The molecule has 0 aromatic carbocycles. The predicted molar refractivity (Wildman–Crippen MR) is 106 cm³/mol. The van der Waals surface area contributed by atoms with Crippen LogP contribution in [0.25, 0.3) is 11.2 Å². The van der Waals surface area contributed by atoms with E-state index in [1.165, 1.54) is 0 Å². The fraction of sp³-hybridized carbons (Fsp3) is 0.667. The Balaban J connectivity index is 1.76. The number of hydrogen-bond donors (Lipinski definition) is 2. The lowest BCUT2D eigenvalue weighted by atomic mass is 9.96. The zero-order valence-corrected chi connectivity index (χ0v) is 16.9. The van der Waals surface area contributed by atoms with Crippen molar-refractivity contribution in [2.45, 2.75) is 64.0 Å². The number of fused-ring (bicyclic) bond motifs is 1. The number of imidazole rings is 1. The molecule has 0 bridgehead atoms. The minimum Gasteiger partial charge on any atom is -0.348 e. The van der Waals surface area contributed by atoms with Gasteiger partial charge in [0.05, 0.1) is 19.4 Å². The number of hydrazine groups is 1. The van der Waals surface area contributed by atoms with Crippen LogP contribution in [0.5, 0.6) is 0 Å². The molecular formula is C18H27F2N9. The Morgan fingerprint density at radius 3 is 2.62 bits per heavy atom. The number of nitrogens with two attached hydrogens (primary N) is 2. The van der Waals surface area contributed by atoms with Crippen LogP contribution in [0.4, 0.5) is 14.6 Å². The number of hydrogen-bond acceptors (Lipinski definition) is 7. The van der Waals surface area contributed by atoms with Crippen LogP contribution in [0, 0.1) is 0 Å². The Labute approximate surface area is 167 Å². The van der Waals surface area contributed by atoms with Gasteiger partial charge in [0.2, 0.25) is 0 Å². The van der Waals surface area contributed by atoms with Gasteiger partial charge < -0.3 is 15.3 Å². The second-order valence-corrected chi connectivity index (χ2v) is 8.88. The topological polar surface area (TPSA) is 114 Å². The van der Waals surface area contributed by atoms with Gasteiger partial charge in [-0.05, 0) is 12.8 Å². The van der Waals surface area contributed by atoms with E-state index in [0.717, 1.165) is 12.8 Å². The second-order valence-electron chi connectivity index (χ2n) is 8.88. The minimum atomic E-state index is -2.73. The summed E-state index contributed by atoms with van der Waals surface area (Å²) in [6, 6.07) is 0.245. The maximum Gasteiger partial charge on any atom is 0.266 e. The molecule has 2 aliphatic rings. The molecule has 158 valence electrons. The van der Waals surface area contributed by atoms with Crippen molar-refractivity contribution in [2.75, 3.05) is 18.0 Å². The number of halogens is 2. The van der Waals surface area contributed by atoms with Crippen LogP contribution in [0.2, 0.25) is 0 Å². The molecule has 4 N–H and O–H groups in total. The summed E-state index contributed by atoms with van der Waals surface area (Å²) >= 11 is 0. The molecular weight excluding hydrogens is 380 g/mol. The molecule has 0 atom stereocenters. The van der Waals surface area contributed by atoms with Crippen molar-refractivity contribution in [1.29, 1.82) is 0 Å². The molecule has 0 spiro atoms. The Morgan fingerprint density at radius 2 is 2.07 bits per heavy atom. The van der Waals surface area contributed by atoms with Crippen molar-refractivity contribution in [3.05, 3.63) is 12.2 Å². The largest absolute Gasteiger partial charge is 0.348 e. The molecule has 1 saturated carbocycles. The van der Waals surface area contributed by atoms with Crippen LogP contribution in [-0.2, 0) is 12.0 Å². The molecule has 0 unspecified atom stereocenters. The first kappa shape index (κ1) is 19.7. The van der Waals surface area contributed by atoms with Crippen molar-refractivity contribution in [1.82, 2.24) is 24.5 Å². The lowest BCUT2D eigenvalue weighted by molar-refractivity contribution is 0.0257. The van der Waals surface area contributed by atoms with Crippen molar-refractivity contribution in [3.8, 4) is 0 Å². The van der Waals surface area contributed by atoms with Crippen LogP contribution >= 0.6 is 0 Å². The summed E-state index contributed by atoms with van der Waals surface area (Å²) in [6.07, 6.45) is 3.42. The summed E-state index contributed by atoms with van der Waals surface area (Å²) in [5.41, 5.74) is 0.682. The summed E-state index contributed by atoms with van der Waals surface area (Å²) in [7, 11) is 0. The lowest BCUT2D eigenvalue weighted by Crippen LogP contribution is -2.42. The highest BCUT2D eigenvalue weighted by Gasteiger charge is 2.40. The normalized spacial score (nSPS) is 19.9. The van der Waals surface area contributed by atoms with Gasteiger partial charge in [-0.2, -0.15) is 5.10 Å². The SMILES string of the molecule is CC(C)(C)c1nc(N2CCC(F)(F)C2)c2ncn(C/C(=N/N)N(N)C3CC3)c2n1. The molecule has 4 rings (SSSR count). The lowest BCUT2D eigenvalue weighted by Gasteiger charge is -2.23. The van der Waals surface area contributed by atoms with E-state index in [0.29, 0.717) is 28.6 Å². The molecule has 9 nitrogen and oxygen atoms in total. The van der Waals surface area contributed by atoms with E-state index >= 15 is 0 Å². The minimum absolute atomic E-state index is 0.197. The van der Waals surface area contributed by atoms with E-state index in [2.05, 4.69) is 15.1 Å². The van der Waals surface area contributed by atoms with Crippen molar-refractivity contribution in [3.63, 3.8) is 0 Å². The van der Waals surface area contributed by atoms with Crippen LogP contribution in [0.15, 0.2) is 11.4 Å². The summed E-state index contributed by atoms with van der Waals surface area (Å²) in [6.45, 7) is 6.10. The fourth-order valence-corrected chi connectivity index (χ4v) is 3.42. The van der Waals surface area contributed by atoms with Gasteiger partial charge in [-0.1, -0.05) is 20.8 Å². The molecule has 11 heteroatoms. The molecule has 1 saturated heterocycles. The average molecular weight is 407 g/mol. The van der Waals surface area contributed by atoms with Gasteiger partial charge in [-0.15, -0.1) is 0 Å². The van der Waals surface area contributed by atoms with Crippen molar-refractivity contribution < 1.29 is 8.78 Å². The number of alkyl halides is 2. The van der Waals surface area contributed by atoms with Gasteiger partial charge in [-0.25, -0.2) is 29.6 Å². The third-order valence-corrected chi connectivity index (χ3v) is 5.28. The van der Waals surface area contributed by atoms with Crippen LogP contribution in [-0.4, -0.2) is 55.4 Å². The smallest absolute Gasteiger partial charge is 0.266 e. The highest BCUT2D eigenvalue weighted by atomic mass is 19.3. The molecule has 1 aliphatic heterocycles. The fourth-order valence-electron chi connectivity index (χ4n) is 3.42.